The Morgan fingerprint density at radius 3 is 2.22 bits per heavy atom. The predicted molar refractivity (Wildman–Crippen MR) is 68.2 cm³/mol. The van der Waals surface area contributed by atoms with Crippen molar-refractivity contribution in [3.63, 3.8) is 0 Å². The summed E-state index contributed by atoms with van der Waals surface area (Å²) in [6, 6.07) is 5.14. The summed E-state index contributed by atoms with van der Waals surface area (Å²) in [4.78, 5) is 21.3. The highest BCUT2D eigenvalue weighted by molar-refractivity contribution is 6.42. The molecule has 6 heteroatoms. The number of aryl methyl sites for hydroxylation is 1. The van der Waals surface area contributed by atoms with E-state index in [0.29, 0.717) is 22.9 Å². The molecular formula is C12H12Cl2O4. The molecule has 0 saturated carbocycles. The van der Waals surface area contributed by atoms with Crippen LogP contribution < -0.4 is 0 Å². The third kappa shape index (κ3) is 4.20. The predicted octanol–water partition coefficient (Wildman–Crippen LogP) is 3.10. The maximum atomic E-state index is 10.7. The normalized spacial score (nSPS) is 10.6. The molecule has 0 unspecified atom stereocenters. The summed E-state index contributed by atoms with van der Waals surface area (Å²) >= 11 is 11.6. The molecule has 1 aromatic carbocycles. The van der Waals surface area contributed by atoms with E-state index in [-0.39, 0.29) is 6.42 Å². The number of benzene rings is 1. The average molecular weight is 291 g/mol. The molecule has 4 nitrogen and oxygen atoms in total. The van der Waals surface area contributed by atoms with Gasteiger partial charge in [-0.05, 0) is 37.0 Å². The first-order chi connectivity index (χ1) is 8.41. The van der Waals surface area contributed by atoms with E-state index in [1.807, 2.05) is 0 Å². The van der Waals surface area contributed by atoms with E-state index in [9.17, 15) is 9.59 Å². The minimum atomic E-state index is -1.35. The smallest absolute Gasteiger partial charge is 0.317 e. The summed E-state index contributed by atoms with van der Waals surface area (Å²) < 4.78 is 0. The lowest BCUT2D eigenvalue weighted by Gasteiger charge is -2.07. The van der Waals surface area contributed by atoms with Crippen molar-refractivity contribution in [2.45, 2.75) is 19.3 Å². The Balaban J connectivity index is 2.52. The molecular weight excluding hydrogens is 279 g/mol. The number of carbonyl (C=O) groups is 2. The molecule has 0 spiro atoms. The van der Waals surface area contributed by atoms with Gasteiger partial charge in [0.2, 0.25) is 0 Å². The van der Waals surface area contributed by atoms with E-state index in [4.69, 9.17) is 33.4 Å². The Hall–Kier alpha value is -1.26. The Labute approximate surface area is 114 Å². The number of halogens is 2. The number of carboxylic acids is 2. The molecule has 0 atom stereocenters. The molecule has 0 saturated heterocycles. The highest BCUT2D eigenvalue weighted by Gasteiger charge is 2.24. The quantitative estimate of drug-likeness (QED) is 0.790. The Kier molecular flexibility index (Phi) is 5.44. The number of hydrogen-bond acceptors (Lipinski definition) is 2. The van der Waals surface area contributed by atoms with E-state index >= 15 is 0 Å². The topological polar surface area (TPSA) is 74.6 Å². The van der Waals surface area contributed by atoms with Crippen molar-refractivity contribution >= 4 is 35.1 Å². The van der Waals surface area contributed by atoms with E-state index in [2.05, 4.69) is 0 Å². The lowest BCUT2D eigenvalue weighted by molar-refractivity contribution is -0.154. The van der Waals surface area contributed by atoms with E-state index < -0.39 is 17.9 Å². The fourth-order valence-corrected chi connectivity index (χ4v) is 1.88. The zero-order valence-electron chi connectivity index (χ0n) is 9.40. The van der Waals surface area contributed by atoms with Gasteiger partial charge in [0.25, 0.3) is 0 Å². The number of carboxylic acid groups (broad SMARTS) is 2. The fourth-order valence-electron chi connectivity index (χ4n) is 1.56. The first-order valence-corrected chi connectivity index (χ1v) is 6.07. The third-order valence-electron chi connectivity index (χ3n) is 2.54. The summed E-state index contributed by atoms with van der Waals surface area (Å²) in [5, 5.41) is 18.3. The van der Waals surface area contributed by atoms with Crippen LogP contribution in [0.4, 0.5) is 0 Å². The maximum Gasteiger partial charge on any atom is 0.317 e. The number of aliphatic carboxylic acids is 2. The van der Waals surface area contributed by atoms with Gasteiger partial charge in [0.1, 0.15) is 0 Å². The first-order valence-electron chi connectivity index (χ1n) is 5.31. The van der Waals surface area contributed by atoms with Gasteiger partial charge in [-0.15, -0.1) is 0 Å². The highest BCUT2D eigenvalue weighted by atomic mass is 35.5. The summed E-state index contributed by atoms with van der Waals surface area (Å²) in [6.45, 7) is 0. The molecule has 1 rings (SSSR count). The molecule has 0 aromatic heterocycles. The second kappa shape index (κ2) is 6.61. The number of hydrogen-bond donors (Lipinski definition) is 2. The van der Waals surface area contributed by atoms with Gasteiger partial charge in [0.05, 0.1) is 10.0 Å². The molecule has 0 aliphatic carbocycles. The zero-order chi connectivity index (χ0) is 13.7. The standard InChI is InChI=1S/C12H12Cl2O4/c13-9-5-4-7(6-10(9)14)2-1-3-8(11(15)16)12(17)18/h4-6,8H,1-3H2,(H,15,16)(H,17,18). The lowest BCUT2D eigenvalue weighted by Crippen LogP contribution is -2.23. The molecule has 0 aliphatic heterocycles. The van der Waals surface area contributed by atoms with Crippen molar-refractivity contribution in [1.82, 2.24) is 0 Å². The van der Waals surface area contributed by atoms with Crippen LogP contribution in [-0.2, 0) is 16.0 Å². The summed E-state index contributed by atoms with van der Waals surface area (Å²) in [6.07, 6.45) is 1.11. The van der Waals surface area contributed by atoms with Crippen molar-refractivity contribution < 1.29 is 19.8 Å². The van der Waals surface area contributed by atoms with Gasteiger partial charge in [-0.25, -0.2) is 0 Å². The Morgan fingerprint density at radius 2 is 1.72 bits per heavy atom. The van der Waals surface area contributed by atoms with Crippen molar-refractivity contribution in [1.29, 1.82) is 0 Å². The van der Waals surface area contributed by atoms with Gasteiger partial charge in [-0.1, -0.05) is 29.3 Å². The molecule has 98 valence electrons. The molecule has 0 amide bonds. The SMILES string of the molecule is O=C(O)C(CCCc1ccc(Cl)c(Cl)c1)C(=O)O. The first kappa shape index (κ1) is 14.8. The van der Waals surface area contributed by atoms with Gasteiger partial charge in [-0.3, -0.25) is 9.59 Å². The van der Waals surface area contributed by atoms with Crippen LogP contribution in [0.3, 0.4) is 0 Å². The molecule has 0 bridgehead atoms. The lowest BCUT2D eigenvalue weighted by atomic mass is 10.00. The van der Waals surface area contributed by atoms with Crippen LogP contribution in [0, 0.1) is 5.92 Å². The minimum absolute atomic E-state index is 0.0882. The molecule has 0 aliphatic rings. The maximum absolute atomic E-state index is 10.7. The summed E-state index contributed by atoms with van der Waals surface area (Å²) in [7, 11) is 0. The Morgan fingerprint density at radius 1 is 1.11 bits per heavy atom. The molecule has 18 heavy (non-hydrogen) atoms. The molecule has 1 aromatic rings. The van der Waals surface area contributed by atoms with Gasteiger partial charge in [0, 0.05) is 0 Å². The van der Waals surface area contributed by atoms with Gasteiger partial charge >= 0.3 is 11.9 Å². The van der Waals surface area contributed by atoms with Crippen LogP contribution in [0.2, 0.25) is 10.0 Å². The van der Waals surface area contributed by atoms with Gasteiger partial charge in [-0.2, -0.15) is 0 Å². The van der Waals surface area contributed by atoms with Crippen LogP contribution in [0.15, 0.2) is 18.2 Å². The molecule has 2 N–H and O–H groups in total. The summed E-state index contributed by atoms with van der Waals surface area (Å²) in [5.41, 5.74) is 0.902. The van der Waals surface area contributed by atoms with Crippen LogP contribution in [0.1, 0.15) is 18.4 Å². The van der Waals surface area contributed by atoms with Crippen molar-refractivity contribution in [2.75, 3.05) is 0 Å². The fraction of sp³-hybridized carbons (Fsp3) is 0.333. The van der Waals surface area contributed by atoms with Crippen molar-refractivity contribution in [3.8, 4) is 0 Å². The van der Waals surface area contributed by atoms with Crippen LogP contribution in [-0.4, -0.2) is 22.2 Å². The highest BCUT2D eigenvalue weighted by Crippen LogP contribution is 2.23. The van der Waals surface area contributed by atoms with Gasteiger partial charge in [0.15, 0.2) is 5.92 Å². The third-order valence-corrected chi connectivity index (χ3v) is 3.28. The van der Waals surface area contributed by atoms with E-state index in [1.54, 1.807) is 18.2 Å². The average Bonchev–Trinajstić information content (AvgIpc) is 2.28. The number of rotatable bonds is 6. The van der Waals surface area contributed by atoms with Gasteiger partial charge < -0.3 is 10.2 Å². The van der Waals surface area contributed by atoms with Crippen molar-refractivity contribution in [2.24, 2.45) is 5.92 Å². The summed E-state index contributed by atoms with van der Waals surface area (Å²) in [5.74, 6) is -3.97. The van der Waals surface area contributed by atoms with E-state index in [0.717, 1.165) is 5.56 Å². The molecule has 0 fully saturated rings. The zero-order valence-corrected chi connectivity index (χ0v) is 10.9. The van der Waals surface area contributed by atoms with Crippen LogP contribution in [0.5, 0.6) is 0 Å². The molecule has 0 radical (unpaired) electrons. The Bertz CT molecular complexity index is 445. The van der Waals surface area contributed by atoms with Crippen LogP contribution in [0.25, 0.3) is 0 Å². The van der Waals surface area contributed by atoms with Crippen molar-refractivity contribution in [3.05, 3.63) is 33.8 Å². The molecule has 0 heterocycles. The second-order valence-electron chi connectivity index (χ2n) is 3.87. The largest absolute Gasteiger partial charge is 0.481 e. The van der Waals surface area contributed by atoms with Crippen LogP contribution >= 0.6 is 23.2 Å². The second-order valence-corrected chi connectivity index (χ2v) is 4.68. The minimum Gasteiger partial charge on any atom is -0.481 e. The monoisotopic (exact) mass is 290 g/mol. The van der Waals surface area contributed by atoms with E-state index in [1.165, 1.54) is 0 Å².